The molecule has 0 radical (unpaired) electrons. The van der Waals surface area contributed by atoms with Gasteiger partial charge in [0, 0.05) is 21.8 Å². The Morgan fingerprint density at radius 2 is 2.11 bits per heavy atom. The van der Waals surface area contributed by atoms with E-state index in [9.17, 15) is 0 Å². The summed E-state index contributed by atoms with van der Waals surface area (Å²) >= 11 is 8.55. The highest BCUT2D eigenvalue weighted by Crippen LogP contribution is 2.22. The van der Waals surface area contributed by atoms with Crippen molar-refractivity contribution in [3.05, 3.63) is 28.2 Å². The third kappa shape index (κ3) is 5.91. The Morgan fingerprint density at radius 1 is 1.37 bits per heavy atom. The number of nitrogens with one attached hydrogen (secondary N) is 1. The molecule has 19 heavy (non-hydrogen) atoms. The minimum absolute atomic E-state index is 0.432. The Morgan fingerprint density at radius 3 is 2.74 bits per heavy atom. The lowest BCUT2D eigenvalue weighted by atomic mass is 10.1. The summed E-state index contributed by atoms with van der Waals surface area (Å²) in [6.07, 6.45) is 6.35. The van der Waals surface area contributed by atoms with E-state index in [4.69, 9.17) is 18.0 Å². The van der Waals surface area contributed by atoms with Crippen LogP contribution in [0.2, 0.25) is 0 Å². The van der Waals surface area contributed by atoms with Crippen LogP contribution in [0.15, 0.2) is 22.7 Å². The second-order valence-electron chi connectivity index (χ2n) is 4.95. The van der Waals surface area contributed by atoms with Gasteiger partial charge in [-0.2, -0.15) is 0 Å². The van der Waals surface area contributed by atoms with Crippen LogP contribution in [0, 0.1) is 0 Å². The van der Waals surface area contributed by atoms with Gasteiger partial charge in [-0.3, -0.25) is 0 Å². The number of nitrogens with two attached hydrogens (primary N) is 1. The monoisotopic (exact) mass is 342 g/mol. The van der Waals surface area contributed by atoms with Gasteiger partial charge in [0.05, 0.1) is 0 Å². The number of hydrogen-bond donors (Lipinski definition) is 2. The van der Waals surface area contributed by atoms with Crippen LogP contribution in [0.3, 0.4) is 0 Å². The highest BCUT2D eigenvalue weighted by molar-refractivity contribution is 9.10. The summed E-state index contributed by atoms with van der Waals surface area (Å²) in [5.74, 6) is 0. The summed E-state index contributed by atoms with van der Waals surface area (Å²) in [6, 6.07) is 6.44. The molecule has 0 heterocycles. The molecule has 4 heteroatoms. The van der Waals surface area contributed by atoms with Crippen LogP contribution in [0.25, 0.3) is 0 Å². The standard InChI is InChI=1S/C15H23BrN2S/c1-3-4-5-6-7-11(2)18-14-9-8-12(16)10-13(14)15(17)19/h8-11,18H,3-7H2,1-2H3,(H2,17,19). The third-order valence-electron chi connectivity index (χ3n) is 3.14. The maximum Gasteiger partial charge on any atom is 0.106 e. The first-order chi connectivity index (χ1) is 9.04. The van der Waals surface area contributed by atoms with Crippen molar-refractivity contribution in [3.8, 4) is 0 Å². The van der Waals surface area contributed by atoms with E-state index in [1.165, 1.54) is 32.1 Å². The van der Waals surface area contributed by atoms with Crippen LogP contribution in [0.1, 0.15) is 51.5 Å². The van der Waals surface area contributed by atoms with Gasteiger partial charge in [0.15, 0.2) is 0 Å². The molecule has 0 bridgehead atoms. The highest BCUT2D eigenvalue weighted by Gasteiger charge is 2.09. The molecule has 0 aliphatic heterocycles. The van der Waals surface area contributed by atoms with Crippen molar-refractivity contribution < 1.29 is 0 Å². The van der Waals surface area contributed by atoms with Crippen molar-refractivity contribution in [1.82, 2.24) is 0 Å². The van der Waals surface area contributed by atoms with Gasteiger partial charge in [0.1, 0.15) is 4.99 Å². The van der Waals surface area contributed by atoms with Crippen molar-refractivity contribution in [3.63, 3.8) is 0 Å². The molecule has 0 amide bonds. The predicted octanol–water partition coefficient (Wildman–Crippen LogP) is 4.85. The lowest BCUT2D eigenvalue weighted by Gasteiger charge is -2.18. The zero-order valence-electron chi connectivity index (χ0n) is 11.7. The van der Waals surface area contributed by atoms with E-state index < -0.39 is 0 Å². The van der Waals surface area contributed by atoms with E-state index in [0.29, 0.717) is 11.0 Å². The summed E-state index contributed by atoms with van der Waals surface area (Å²) < 4.78 is 0.997. The van der Waals surface area contributed by atoms with E-state index in [2.05, 4.69) is 35.1 Å². The van der Waals surface area contributed by atoms with E-state index >= 15 is 0 Å². The van der Waals surface area contributed by atoms with Crippen molar-refractivity contribution in [2.45, 2.75) is 52.0 Å². The molecule has 1 aromatic rings. The average molecular weight is 343 g/mol. The van der Waals surface area contributed by atoms with E-state index in [0.717, 1.165) is 15.7 Å². The Kier molecular flexibility index (Phi) is 7.39. The van der Waals surface area contributed by atoms with E-state index in [-0.39, 0.29) is 0 Å². The molecule has 0 aliphatic carbocycles. The molecule has 1 rings (SSSR count). The highest BCUT2D eigenvalue weighted by atomic mass is 79.9. The third-order valence-corrected chi connectivity index (χ3v) is 3.85. The fraction of sp³-hybridized carbons (Fsp3) is 0.533. The minimum Gasteiger partial charge on any atom is -0.389 e. The van der Waals surface area contributed by atoms with Crippen LogP contribution in [0.4, 0.5) is 5.69 Å². The maximum absolute atomic E-state index is 5.77. The van der Waals surface area contributed by atoms with Gasteiger partial charge in [-0.05, 0) is 31.5 Å². The summed E-state index contributed by atoms with van der Waals surface area (Å²) in [6.45, 7) is 4.44. The Hall–Kier alpha value is -0.610. The van der Waals surface area contributed by atoms with Crippen molar-refractivity contribution >= 4 is 38.8 Å². The molecule has 0 aliphatic rings. The molecule has 0 saturated heterocycles. The Bertz CT molecular complexity index is 421. The van der Waals surface area contributed by atoms with Gasteiger partial charge in [-0.15, -0.1) is 0 Å². The number of benzene rings is 1. The molecule has 106 valence electrons. The van der Waals surface area contributed by atoms with Gasteiger partial charge in [-0.25, -0.2) is 0 Å². The average Bonchev–Trinajstić information content (AvgIpc) is 2.36. The van der Waals surface area contributed by atoms with Crippen LogP contribution >= 0.6 is 28.1 Å². The Balaban J connectivity index is 2.58. The summed E-state index contributed by atoms with van der Waals surface area (Å²) in [7, 11) is 0. The lowest BCUT2D eigenvalue weighted by Crippen LogP contribution is -2.19. The van der Waals surface area contributed by atoms with Gasteiger partial charge in [0.2, 0.25) is 0 Å². The first-order valence-corrected chi connectivity index (χ1v) is 8.10. The molecule has 0 saturated carbocycles. The molecular formula is C15H23BrN2S. The molecule has 0 fully saturated rings. The molecule has 2 nitrogen and oxygen atoms in total. The second-order valence-corrected chi connectivity index (χ2v) is 6.30. The van der Waals surface area contributed by atoms with E-state index in [1.54, 1.807) is 0 Å². The zero-order valence-corrected chi connectivity index (χ0v) is 14.1. The normalized spacial score (nSPS) is 12.2. The molecule has 0 aromatic heterocycles. The van der Waals surface area contributed by atoms with E-state index in [1.807, 2.05) is 18.2 Å². The molecule has 1 unspecified atom stereocenters. The van der Waals surface area contributed by atoms with Crippen molar-refractivity contribution in [1.29, 1.82) is 0 Å². The number of thiocarbonyl (C=S) groups is 1. The van der Waals surface area contributed by atoms with Gasteiger partial charge >= 0.3 is 0 Å². The predicted molar refractivity (Wildman–Crippen MR) is 91.9 cm³/mol. The number of anilines is 1. The van der Waals surface area contributed by atoms with Crippen LogP contribution in [-0.4, -0.2) is 11.0 Å². The minimum atomic E-state index is 0.432. The maximum atomic E-state index is 5.77. The molecule has 0 spiro atoms. The smallest absolute Gasteiger partial charge is 0.106 e. The SMILES string of the molecule is CCCCCCC(C)Nc1ccc(Br)cc1C(N)=S. The Labute approximate surface area is 130 Å². The topological polar surface area (TPSA) is 38.0 Å². The van der Waals surface area contributed by atoms with Crippen LogP contribution in [-0.2, 0) is 0 Å². The fourth-order valence-corrected chi connectivity index (χ4v) is 2.59. The first kappa shape index (κ1) is 16.4. The summed E-state index contributed by atoms with van der Waals surface area (Å²) in [4.78, 5) is 0.432. The number of halogens is 1. The van der Waals surface area contributed by atoms with Crippen LogP contribution < -0.4 is 11.1 Å². The number of hydrogen-bond acceptors (Lipinski definition) is 2. The molecular weight excluding hydrogens is 320 g/mol. The number of unbranched alkanes of at least 4 members (excludes halogenated alkanes) is 3. The van der Waals surface area contributed by atoms with Gasteiger partial charge < -0.3 is 11.1 Å². The van der Waals surface area contributed by atoms with Gasteiger partial charge in [-0.1, -0.05) is 60.8 Å². The largest absolute Gasteiger partial charge is 0.389 e. The van der Waals surface area contributed by atoms with Crippen molar-refractivity contribution in [2.24, 2.45) is 5.73 Å². The van der Waals surface area contributed by atoms with Crippen LogP contribution in [0.5, 0.6) is 0 Å². The lowest BCUT2D eigenvalue weighted by molar-refractivity contribution is 0.594. The quantitative estimate of drug-likeness (QED) is 0.523. The summed E-state index contributed by atoms with van der Waals surface area (Å²) in [5.41, 5.74) is 7.70. The molecule has 1 atom stereocenters. The fourth-order valence-electron chi connectivity index (χ4n) is 2.06. The summed E-state index contributed by atoms with van der Waals surface area (Å²) in [5, 5.41) is 3.51. The second kappa shape index (κ2) is 8.54. The molecule has 3 N–H and O–H groups in total. The first-order valence-electron chi connectivity index (χ1n) is 6.90. The molecule has 1 aromatic carbocycles. The number of rotatable bonds is 8. The van der Waals surface area contributed by atoms with Crippen molar-refractivity contribution in [2.75, 3.05) is 5.32 Å². The van der Waals surface area contributed by atoms with Gasteiger partial charge in [0.25, 0.3) is 0 Å². The zero-order chi connectivity index (χ0) is 14.3.